The molecular formula is C48H54FN5O7. The highest BCUT2D eigenvalue weighted by molar-refractivity contribution is 6.11. The number of nitrogens with one attached hydrogen (secondary N) is 2. The van der Waals surface area contributed by atoms with Gasteiger partial charge >= 0.3 is 0 Å². The van der Waals surface area contributed by atoms with Gasteiger partial charge in [-0.05, 0) is 112 Å². The number of hydrogen-bond acceptors (Lipinski definition) is 9. The monoisotopic (exact) mass is 831 g/mol. The van der Waals surface area contributed by atoms with E-state index in [0.29, 0.717) is 51.3 Å². The van der Waals surface area contributed by atoms with Gasteiger partial charge in [0.15, 0.2) is 6.17 Å². The van der Waals surface area contributed by atoms with Crippen molar-refractivity contribution in [2.24, 2.45) is 23.5 Å². The lowest BCUT2D eigenvalue weighted by Crippen LogP contribution is -2.37. The van der Waals surface area contributed by atoms with Crippen molar-refractivity contribution in [1.82, 2.24) is 20.5 Å². The minimum absolute atomic E-state index is 0.0379. The molecule has 1 aromatic heterocycles. The molecule has 1 aliphatic carbocycles. The normalized spacial score (nSPS) is 21.0. The van der Waals surface area contributed by atoms with Crippen LogP contribution in [0.25, 0.3) is 10.8 Å². The molecular weight excluding hydrogens is 778 g/mol. The number of amides is 4. The summed E-state index contributed by atoms with van der Waals surface area (Å²) in [5.74, 6) is 6.83. The van der Waals surface area contributed by atoms with Crippen LogP contribution >= 0.6 is 0 Å². The number of ether oxygens (including phenoxy) is 3. The Morgan fingerprint density at radius 1 is 1.00 bits per heavy atom. The first-order valence-electron chi connectivity index (χ1n) is 21.3. The summed E-state index contributed by atoms with van der Waals surface area (Å²) >= 11 is 0. The third kappa shape index (κ3) is 10.3. The molecule has 4 amide bonds. The summed E-state index contributed by atoms with van der Waals surface area (Å²) in [5.41, 5.74) is 8.84. The van der Waals surface area contributed by atoms with E-state index in [-0.39, 0.29) is 42.0 Å². The van der Waals surface area contributed by atoms with Gasteiger partial charge in [0.05, 0.1) is 36.3 Å². The molecule has 0 radical (unpaired) electrons. The predicted molar refractivity (Wildman–Crippen MR) is 229 cm³/mol. The van der Waals surface area contributed by atoms with E-state index in [9.17, 15) is 23.6 Å². The molecule has 1 saturated heterocycles. The molecule has 2 aliphatic heterocycles. The molecule has 3 atom stereocenters. The van der Waals surface area contributed by atoms with Crippen molar-refractivity contribution in [1.29, 1.82) is 0 Å². The fourth-order valence-corrected chi connectivity index (χ4v) is 8.86. The quantitative estimate of drug-likeness (QED) is 0.0635. The average molecular weight is 832 g/mol. The van der Waals surface area contributed by atoms with E-state index >= 15 is 0 Å². The first-order valence-corrected chi connectivity index (χ1v) is 21.3. The van der Waals surface area contributed by atoms with Crippen LogP contribution < -0.4 is 30.6 Å². The second-order valence-electron chi connectivity index (χ2n) is 16.5. The Labute approximate surface area is 356 Å². The number of fused-ring (bicyclic) bond motifs is 2. The number of pyridine rings is 1. The van der Waals surface area contributed by atoms with Gasteiger partial charge in [0, 0.05) is 35.3 Å². The van der Waals surface area contributed by atoms with Crippen LogP contribution in [0.3, 0.4) is 0 Å². The lowest BCUT2D eigenvalue weighted by atomic mass is 9.82. The molecule has 3 aromatic carbocycles. The molecule has 12 nitrogen and oxygen atoms in total. The smallest absolute Gasteiger partial charge is 0.261 e. The number of benzene rings is 3. The van der Waals surface area contributed by atoms with Crippen molar-refractivity contribution in [3.05, 3.63) is 88.6 Å². The highest BCUT2D eigenvalue weighted by atomic mass is 19.1. The van der Waals surface area contributed by atoms with Crippen LogP contribution in [0.4, 0.5) is 4.39 Å². The number of nitrogens with two attached hydrogens (primary N) is 1. The number of hydrogen-bond donors (Lipinski definition) is 3. The summed E-state index contributed by atoms with van der Waals surface area (Å²) in [5, 5.41) is 6.30. The molecule has 1 saturated carbocycles. The standard InChI is InChI=1S/C48H54FN5O7/c1-4-35-39(52-47(58)44(35)49)28-60-48-37-25-41(59-3)38(45(50)56)24-36(37)33(26-51-48)20-19-29-15-17-31(18-16-29)27-54(2)21-7-5-6-10-30-11-8-13-34(22-30)61-40-14-9-12-32-23-42(55)53-46(57)43(32)40/h8-9,11-14,22,24-26,29,31,35,39,44H,4-7,10,15-18,21,23,27-28H2,1-3H3,(H2,50,56)(H,52,58)(H,53,55,57)/t29-,31-,35-,39+,44-/m0/s1. The van der Waals surface area contributed by atoms with Crippen LogP contribution in [0.15, 0.2) is 60.8 Å². The molecule has 3 heterocycles. The Bertz CT molecular complexity index is 2350. The fraction of sp³-hybridized carbons (Fsp3) is 0.438. The molecule has 0 spiro atoms. The zero-order valence-corrected chi connectivity index (χ0v) is 35.1. The van der Waals surface area contributed by atoms with Crippen LogP contribution in [-0.2, 0) is 22.4 Å². The van der Waals surface area contributed by atoms with Crippen LogP contribution in [0.5, 0.6) is 23.1 Å². The summed E-state index contributed by atoms with van der Waals surface area (Å²) in [6, 6.07) is 16.1. The van der Waals surface area contributed by atoms with Gasteiger partial charge in [0.1, 0.15) is 23.9 Å². The van der Waals surface area contributed by atoms with Gasteiger partial charge in [-0.3, -0.25) is 24.5 Å². The van der Waals surface area contributed by atoms with Gasteiger partial charge in [0.2, 0.25) is 11.8 Å². The Kier molecular flexibility index (Phi) is 13.8. The van der Waals surface area contributed by atoms with E-state index in [1.54, 1.807) is 36.5 Å². The summed E-state index contributed by atoms with van der Waals surface area (Å²) in [7, 11) is 3.66. The first-order chi connectivity index (χ1) is 29.5. The van der Waals surface area contributed by atoms with Crippen molar-refractivity contribution in [2.75, 3.05) is 33.9 Å². The van der Waals surface area contributed by atoms with Crippen molar-refractivity contribution >= 4 is 34.4 Å². The average Bonchev–Trinajstić information content (AvgIpc) is 3.52. The van der Waals surface area contributed by atoms with E-state index in [1.807, 2.05) is 25.1 Å². The number of carbonyl (C=O) groups excluding carboxylic acids is 4. The molecule has 4 N–H and O–H groups in total. The lowest BCUT2D eigenvalue weighted by molar-refractivity contribution is -0.124. The van der Waals surface area contributed by atoms with E-state index in [0.717, 1.165) is 64.5 Å². The zero-order valence-electron chi connectivity index (χ0n) is 35.1. The van der Waals surface area contributed by atoms with Crippen LogP contribution in [0.2, 0.25) is 0 Å². The number of halogens is 1. The number of methoxy groups -OCH3 is 1. The minimum atomic E-state index is -1.58. The third-order valence-electron chi connectivity index (χ3n) is 12.2. The predicted octanol–water partition coefficient (Wildman–Crippen LogP) is 6.69. The molecule has 7 rings (SSSR count). The number of nitrogens with zero attached hydrogens (tertiary/aromatic N) is 2. The van der Waals surface area contributed by atoms with E-state index < -0.39 is 35.9 Å². The topological polar surface area (TPSA) is 162 Å². The van der Waals surface area contributed by atoms with Gasteiger partial charge < -0.3 is 30.2 Å². The second-order valence-corrected chi connectivity index (χ2v) is 16.5. The van der Waals surface area contributed by atoms with Crippen LogP contribution in [0, 0.1) is 29.6 Å². The Hall–Kier alpha value is -6.00. The van der Waals surface area contributed by atoms with Crippen LogP contribution in [0.1, 0.15) is 95.7 Å². The number of primary amides is 1. The molecule has 61 heavy (non-hydrogen) atoms. The summed E-state index contributed by atoms with van der Waals surface area (Å²) in [6.45, 7) is 3.97. The number of carbonyl (C=O) groups is 4. The highest BCUT2D eigenvalue weighted by Crippen LogP contribution is 2.35. The van der Waals surface area contributed by atoms with Crippen molar-refractivity contribution in [2.45, 2.75) is 83.3 Å². The second kappa shape index (κ2) is 19.6. The van der Waals surface area contributed by atoms with Crippen molar-refractivity contribution < 1.29 is 37.8 Å². The molecule has 3 aliphatic rings. The number of aryl methyl sites for hydroxylation is 1. The maximum atomic E-state index is 14.4. The molecule has 13 heteroatoms. The van der Waals surface area contributed by atoms with Gasteiger partial charge in [-0.2, -0.15) is 0 Å². The Balaban J connectivity index is 0.877. The minimum Gasteiger partial charge on any atom is -0.496 e. The summed E-state index contributed by atoms with van der Waals surface area (Å²) in [6.07, 6.45) is 9.11. The third-order valence-corrected chi connectivity index (χ3v) is 12.2. The molecule has 0 unspecified atom stereocenters. The summed E-state index contributed by atoms with van der Waals surface area (Å²) < 4.78 is 32.1. The van der Waals surface area contributed by atoms with E-state index in [1.165, 1.54) is 12.7 Å². The Morgan fingerprint density at radius 3 is 2.57 bits per heavy atom. The van der Waals surface area contributed by atoms with E-state index in [2.05, 4.69) is 45.5 Å². The number of unbranched alkanes of at least 4 members (excludes halogenated alkanes) is 2. The highest BCUT2D eigenvalue weighted by Gasteiger charge is 2.42. The summed E-state index contributed by atoms with van der Waals surface area (Å²) in [4.78, 5) is 55.7. The van der Waals surface area contributed by atoms with Gasteiger partial charge in [0.25, 0.3) is 17.7 Å². The largest absolute Gasteiger partial charge is 0.496 e. The number of rotatable bonds is 16. The first kappa shape index (κ1) is 43.1. The van der Waals surface area contributed by atoms with Gasteiger partial charge in [-0.15, -0.1) is 0 Å². The number of alkyl halides is 1. The number of imide groups is 1. The van der Waals surface area contributed by atoms with Crippen molar-refractivity contribution in [3.8, 4) is 35.0 Å². The van der Waals surface area contributed by atoms with E-state index in [4.69, 9.17) is 19.9 Å². The zero-order chi connectivity index (χ0) is 43.0. The van der Waals surface area contributed by atoms with Gasteiger partial charge in [-0.1, -0.05) is 49.5 Å². The van der Waals surface area contributed by atoms with Gasteiger partial charge in [-0.25, -0.2) is 9.37 Å². The molecule has 4 aromatic rings. The lowest BCUT2D eigenvalue weighted by Gasteiger charge is -2.29. The molecule has 2 fully saturated rings. The van der Waals surface area contributed by atoms with Crippen LogP contribution in [-0.4, -0.2) is 79.6 Å². The maximum Gasteiger partial charge on any atom is 0.261 e. The maximum absolute atomic E-state index is 14.4. The van der Waals surface area contributed by atoms with Crippen molar-refractivity contribution in [3.63, 3.8) is 0 Å². The number of aromatic nitrogens is 1. The fourth-order valence-electron chi connectivity index (χ4n) is 8.86. The molecule has 0 bridgehead atoms. The molecule has 320 valence electrons. The Morgan fingerprint density at radius 2 is 1.80 bits per heavy atom. The SMILES string of the molecule is CC[C@@H]1[C@H](F)C(=O)N[C@@H]1COc1ncc(C#C[C@H]2CC[C@H](CN(C)CCCCCc3cccc(Oc4cccc5c4C(=O)NC(=O)C5)c3)CC2)c2cc(C(N)=O)c(OC)cc12.